The van der Waals surface area contributed by atoms with Gasteiger partial charge in [-0.3, -0.25) is 10.2 Å². The first kappa shape index (κ1) is 33.2. The zero-order chi connectivity index (χ0) is 33.4. The Morgan fingerprint density at radius 3 is 2.11 bits per heavy atom. The molecule has 0 saturated carbocycles. The number of nitrogens with two attached hydrogens (primary N) is 1. The molecular weight excluding hydrogens is 629 g/mol. The molecule has 5 aromatic rings. The summed E-state index contributed by atoms with van der Waals surface area (Å²) in [6.07, 6.45) is 0.150. The molecule has 5 rings (SSSR count). The van der Waals surface area contributed by atoms with Crippen molar-refractivity contribution in [2.45, 2.75) is 24.4 Å². The van der Waals surface area contributed by atoms with Crippen molar-refractivity contribution in [2.24, 2.45) is 5.14 Å². The highest BCUT2D eigenvalue weighted by Crippen LogP contribution is 2.27. The van der Waals surface area contributed by atoms with Gasteiger partial charge in [0.1, 0.15) is 16.6 Å². The molecule has 0 aliphatic rings. The van der Waals surface area contributed by atoms with Gasteiger partial charge >= 0.3 is 0 Å². The van der Waals surface area contributed by atoms with Crippen molar-refractivity contribution in [3.05, 3.63) is 155 Å². The summed E-state index contributed by atoms with van der Waals surface area (Å²) in [4.78, 5) is 16.0. The SMILES string of the molecule is COc1ccc(C(=S)NC(=N)c2cccc(CN(Cc3ccccc3)C(=O)Cc3ccc(-c4ccccc4S(N)(=O)=O)cc3)c2)cc1. The van der Waals surface area contributed by atoms with E-state index in [-0.39, 0.29) is 23.1 Å². The average molecular weight is 663 g/mol. The maximum atomic E-state index is 13.8. The van der Waals surface area contributed by atoms with Crippen LogP contribution in [0.2, 0.25) is 0 Å². The minimum absolute atomic E-state index is 0.0472. The number of amidine groups is 1. The normalized spacial score (nSPS) is 11.0. The summed E-state index contributed by atoms with van der Waals surface area (Å²) >= 11 is 5.53. The molecule has 0 aliphatic heterocycles. The van der Waals surface area contributed by atoms with Crippen LogP contribution in [0.3, 0.4) is 0 Å². The Bertz CT molecular complexity index is 2000. The average Bonchev–Trinajstić information content (AvgIpc) is 3.08. The van der Waals surface area contributed by atoms with Gasteiger partial charge in [-0.2, -0.15) is 0 Å². The lowest BCUT2D eigenvalue weighted by Gasteiger charge is -2.24. The van der Waals surface area contributed by atoms with E-state index in [1.165, 1.54) is 6.07 Å². The van der Waals surface area contributed by atoms with Crippen molar-refractivity contribution in [3.63, 3.8) is 0 Å². The number of rotatable bonds is 11. The number of carbonyl (C=O) groups excluding carboxylic acids is 1. The Labute approximate surface area is 280 Å². The van der Waals surface area contributed by atoms with E-state index in [9.17, 15) is 13.2 Å². The monoisotopic (exact) mass is 662 g/mol. The van der Waals surface area contributed by atoms with Crippen LogP contribution in [-0.2, 0) is 34.3 Å². The highest BCUT2D eigenvalue weighted by atomic mass is 32.2. The molecule has 0 bridgehead atoms. The molecule has 0 spiro atoms. The van der Waals surface area contributed by atoms with Gasteiger partial charge in [-0.1, -0.05) is 103 Å². The molecule has 47 heavy (non-hydrogen) atoms. The summed E-state index contributed by atoms with van der Waals surface area (Å²) in [7, 11) is -2.30. The third-order valence-electron chi connectivity index (χ3n) is 7.56. The molecule has 10 heteroatoms. The molecule has 5 aromatic carbocycles. The van der Waals surface area contributed by atoms with Gasteiger partial charge in [0.2, 0.25) is 15.9 Å². The number of benzene rings is 5. The van der Waals surface area contributed by atoms with Crippen LogP contribution in [0.25, 0.3) is 11.1 Å². The predicted octanol–water partition coefficient (Wildman–Crippen LogP) is 6.07. The van der Waals surface area contributed by atoms with Gasteiger partial charge in [0.05, 0.1) is 18.4 Å². The fraction of sp³-hybridized carbons (Fsp3) is 0.108. The lowest BCUT2D eigenvalue weighted by atomic mass is 10.0. The maximum Gasteiger partial charge on any atom is 0.238 e. The fourth-order valence-corrected chi connectivity index (χ4v) is 6.12. The Balaban J connectivity index is 1.32. The first-order chi connectivity index (χ1) is 22.6. The number of nitrogens with one attached hydrogen (secondary N) is 2. The number of hydrogen-bond donors (Lipinski definition) is 3. The number of thiocarbonyl (C=S) groups is 1. The summed E-state index contributed by atoms with van der Waals surface area (Å²) in [5.41, 5.74) is 5.24. The summed E-state index contributed by atoms with van der Waals surface area (Å²) in [5, 5.41) is 17.1. The highest BCUT2D eigenvalue weighted by Gasteiger charge is 2.18. The van der Waals surface area contributed by atoms with E-state index in [2.05, 4.69) is 5.32 Å². The van der Waals surface area contributed by atoms with Gasteiger partial charge in [-0.05, 0) is 58.7 Å². The number of primary sulfonamides is 1. The van der Waals surface area contributed by atoms with Crippen molar-refractivity contribution in [2.75, 3.05) is 7.11 Å². The smallest absolute Gasteiger partial charge is 0.238 e. The molecular formula is C37H34N4O4S2. The summed E-state index contributed by atoms with van der Waals surface area (Å²) in [6, 6.07) is 38.4. The molecule has 4 N–H and O–H groups in total. The summed E-state index contributed by atoms with van der Waals surface area (Å²) in [5.74, 6) is 0.792. The zero-order valence-corrected chi connectivity index (χ0v) is 27.4. The van der Waals surface area contributed by atoms with Crippen molar-refractivity contribution in [1.82, 2.24) is 10.2 Å². The minimum Gasteiger partial charge on any atom is -0.497 e. The van der Waals surface area contributed by atoms with Gasteiger partial charge in [0.25, 0.3) is 0 Å². The van der Waals surface area contributed by atoms with Crippen LogP contribution in [0.15, 0.2) is 132 Å². The largest absolute Gasteiger partial charge is 0.497 e. The van der Waals surface area contributed by atoms with Crippen LogP contribution in [0.5, 0.6) is 5.75 Å². The number of sulfonamides is 1. The van der Waals surface area contributed by atoms with Crippen LogP contribution in [-0.4, -0.2) is 37.2 Å². The van der Waals surface area contributed by atoms with Gasteiger partial charge in [0, 0.05) is 29.8 Å². The number of carbonyl (C=O) groups is 1. The van der Waals surface area contributed by atoms with Crippen LogP contribution in [0.4, 0.5) is 0 Å². The van der Waals surface area contributed by atoms with E-state index < -0.39 is 10.0 Å². The Kier molecular flexibility index (Phi) is 10.6. The van der Waals surface area contributed by atoms with E-state index >= 15 is 0 Å². The first-order valence-electron chi connectivity index (χ1n) is 14.8. The predicted molar refractivity (Wildman–Crippen MR) is 189 cm³/mol. The topological polar surface area (TPSA) is 126 Å². The summed E-state index contributed by atoms with van der Waals surface area (Å²) < 4.78 is 29.4. The molecule has 0 aromatic heterocycles. The highest BCUT2D eigenvalue weighted by molar-refractivity contribution is 7.89. The Hall–Kier alpha value is -5.16. The van der Waals surface area contributed by atoms with Crippen LogP contribution in [0.1, 0.15) is 27.8 Å². The zero-order valence-electron chi connectivity index (χ0n) is 25.7. The molecule has 0 radical (unpaired) electrons. The maximum absolute atomic E-state index is 13.8. The van der Waals surface area contributed by atoms with Crippen LogP contribution >= 0.6 is 12.2 Å². The van der Waals surface area contributed by atoms with E-state index in [1.54, 1.807) is 42.3 Å². The Morgan fingerprint density at radius 2 is 1.43 bits per heavy atom. The van der Waals surface area contributed by atoms with Crippen molar-refractivity contribution in [3.8, 4) is 16.9 Å². The molecule has 0 fully saturated rings. The van der Waals surface area contributed by atoms with Gasteiger partial charge in [-0.15, -0.1) is 0 Å². The van der Waals surface area contributed by atoms with Gasteiger partial charge in [-0.25, -0.2) is 13.6 Å². The third kappa shape index (κ3) is 8.76. The molecule has 238 valence electrons. The number of hydrogen-bond acceptors (Lipinski definition) is 6. The lowest BCUT2D eigenvalue weighted by Crippen LogP contribution is -2.32. The number of nitrogens with zero attached hydrogens (tertiary/aromatic N) is 1. The van der Waals surface area contributed by atoms with Crippen LogP contribution < -0.4 is 15.2 Å². The van der Waals surface area contributed by atoms with E-state index in [1.807, 2.05) is 91.0 Å². The van der Waals surface area contributed by atoms with E-state index in [0.717, 1.165) is 28.0 Å². The molecule has 0 aliphatic carbocycles. The van der Waals surface area contributed by atoms with Gasteiger partial charge in [0.15, 0.2) is 0 Å². The van der Waals surface area contributed by atoms with Crippen molar-refractivity contribution >= 4 is 39.0 Å². The minimum atomic E-state index is -3.90. The number of methoxy groups -OCH3 is 1. The fourth-order valence-electron chi connectivity index (χ4n) is 5.12. The van der Waals surface area contributed by atoms with E-state index in [0.29, 0.717) is 34.8 Å². The summed E-state index contributed by atoms with van der Waals surface area (Å²) in [6.45, 7) is 0.735. The van der Waals surface area contributed by atoms with E-state index in [4.69, 9.17) is 27.5 Å². The first-order valence-corrected chi connectivity index (χ1v) is 16.7. The van der Waals surface area contributed by atoms with Crippen LogP contribution in [0, 0.1) is 5.41 Å². The molecule has 8 nitrogen and oxygen atoms in total. The third-order valence-corrected chi connectivity index (χ3v) is 8.87. The van der Waals surface area contributed by atoms with Crippen molar-refractivity contribution in [1.29, 1.82) is 5.41 Å². The second-order valence-corrected chi connectivity index (χ2v) is 12.8. The van der Waals surface area contributed by atoms with Gasteiger partial charge < -0.3 is 15.0 Å². The molecule has 1 amide bonds. The second-order valence-electron chi connectivity index (χ2n) is 10.9. The standard InChI is InChI=1S/C37H34N4O4S2/c1-45-32-20-18-30(19-21-32)37(46)40-36(38)31-11-7-10-28(22-31)25-41(24-27-8-3-2-4-9-27)35(42)23-26-14-16-29(17-15-26)33-12-5-6-13-34(33)47(39,43)44/h2-22H,23-25H2,1H3,(H2,38,40,46)(H2,39,43,44). The number of ether oxygens (including phenoxy) is 1. The molecule has 0 saturated heterocycles. The number of amides is 1. The molecule has 0 heterocycles. The van der Waals surface area contributed by atoms with Crippen molar-refractivity contribution < 1.29 is 17.9 Å². The molecule has 0 unspecified atom stereocenters. The lowest BCUT2D eigenvalue weighted by molar-refractivity contribution is -0.131. The molecule has 0 atom stereocenters. The quantitative estimate of drug-likeness (QED) is 0.0896. The second kappa shape index (κ2) is 15.0. The Morgan fingerprint density at radius 1 is 0.787 bits per heavy atom.